The number of rotatable bonds is 2. The van der Waals surface area contributed by atoms with E-state index in [9.17, 15) is 4.79 Å². The molecule has 6 nitrogen and oxygen atoms in total. The maximum Gasteiger partial charge on any atom is 0.413 e. The van der Waals surface area contributed by atoms with E-state index in [2.05, 4.69) is 15.3 Å². The number of aliphatic hydroxyl groups is 1. The number of anilines is 1. The molecule has 88 valence electrons. The maximum absolute atomic E-state index is 11.4. The van der Waals surface area contributed by atoms with Crippen molar-refractivity contribution in [2.75, 3.05) is 5.32 Å². The van der Waals surface area contributed by atoms with Crippen molar-refractivity contribution in [1.29, 1.82) is 0 Å². The highest BCUT2D eigenvalue weighted by molar-refractivity contribution is 5.83. The van der Waals surface area contributed by atoms with Crippen LogP contribution >= 0.6 is 0 Å². The van der Waals surface area contributed by atoms with E-state index in [0.29, 0.717) is 5.69 Å². The average Bonchev–Trinajstić information content (AvgIpc) is 2.15. The minimum atomic E-state index is -0.600. The Balaban J connectivity index is 2.62. The number of nitrogens with zero attached hydrogens (tertiary/aromatic N) is 2. The molecule has 1 amide bonds. The Morgan fingerprint density at radius 2 is 2.19 bits per heavy atom. The molecule has 0 aromatic carbocycles. The number of carbonyl (C=O) groups is 1. The van der Waals surface area contributed by atoms with E-state index >= 15 is 0 Å². The zero-order chi connectivity index (χ0) is 12.2. The standard InChI is InChI=1S/C10H15N3O3/c1-10(2,3)16-9(15)13-8-5-11-4-7(6-14)12-8/h4-5,14H,6H2,1-3H3,(H,12,13,15). The summed E-state index contributed by atoms with van der Waals surface area (Å²) < 4.78 is 5.03. The molecular weight excluding hydrogens is 210 g/mol. The number of nitrogens with one attached hydrogen (secondary N) is 1. The number of aromatic nitrogens is 2. The van der Waals surface area contributed by atoms with Crippen LogP contribution < -0.4 is 5.32 Å². The molecule has 0 aliphatic carbocycles. The molecule has 0 spiro atoms. The number of amides is 1. The second-order valence-corrected chi connectivity index (χ2v) is 4.18. The first-order chi connectivity index (χ1) is 7.40. The van der Waals surface area contributed by atoms with E-state index in [1.165, 1.54) is 12.4 Å². The summed E-state index contributed by atoms with van der Waals surface area (Å²) in [5.74, 6) is 0.251. The smallest absolute Gasteiger partial charge is 0.413 e. The number of carbonyl (C=O) groups excluding carboxylic acids is 1. The molecule has 0 bridgehead atoms. The molecule has 1 aromatic heterocycles. The van der Waals surface area contributed by atoms with Gasteiger partial charge in [0, 0.05) is 0 Å². The van der Waals surface area contributed by atoms with Gasteiger partial charge in [0.05, 0.1) is 24.7 Å². The molecule has 0 saturated heterocycles. The van der Waals surface area contributed by atoms with Crippen LogP contribution in [0.2, 0.25) is 0 Å². The first-order valence-electron chi connectivity index (χ1n) is 4.82. The highest BCUT2D eigenvalue weighted by Crippen LogP contribution is 2.09. The van der Waals surface area contributed by atoms with E-state index < -0.39 is 11.7 Å². The number of ether oxygens (including phenoxy) is 1. The van der Waals surface area contributed by atoms with Crippen LogP contribution in [-0.4, -0.2) is 26.8 Å². The summed E-state index contributed by atoms with van der Waals surface area (Å²) in [5, 5.41) is 11.3. The molecule has 0 unspecified atom stereocenters. The van der Waals surface area contributed by atoms with Crippen molar-refractivity contribution in [3.05, 3.63) is 18.1 Å². The van der Waals surface area contributed by atoms with Crippen molar-refractivity contribution in [3.8, 4) is 0 Å². The summed E-state index contributed by atoms with van der Waals surface area (Å²) in [4.78, 5) is 19.1. The van der Waals surface area contributed by atoms with Gasteiger partial charge in [0.1, 0.15) is 5.60 Å². The molecule has 0 radical (unpaired) electrons. The van der Waals surface area contributed by atoms with Gasteiger partial charge in [-0.2, -0.15) is 0 Å². The number of hydrogen-bond acceptors (Lipinski definition) is 5. The molecular formula is C10H15N3O3. The van der Waals surface area contributed by atoms with E-state index in [0.717, 1.165) is 0 Å². The summed E-state index contributed by atoms with van der Waals surface area (Å²) in [5.41, 5.74) is -0.180. The van der Waals surface area contributed by atoms with Crippen molar-refractivity contribution in [1.82, 2.24) is 9.97 Å². The first kappa shape index (κ1) is 12.4. The maximum atomic E-state index is 11.4. The summed E-state index contributed by atoms with van der Waals surface area (Å²) in [6.45, 7) is 5.07. The quantitative estimate of drug-likeness (QED) is 0.792. The Morgan fingerprint density at radius 1 is 1.50 bits per heavy atom. The van der Waals surface area contributed by atoms with E-state index in [-0.39, 0.29) is 12.4 Å². The van der Waals surface area contributed by atoms with Crippen LogP contribution in [0.4, 0.5) is 10.6 Å². The lowest BCUT2D eigenvalue weighted by molar-refractivity contribution is 0.0635. The van der Waals surface area contributed by atoms with Crippen molar-refractivity contribution < 1.29 is 14.6 Å². The largest absolute Gasteiger partial charge is 0.444 e. The third kappa shape index (κ3) is 4.22. The normalized spacial score (nSPS) is 11.0. The summed E-state index contributed by atoms with van der Waals surface area (Å²) in [6.07, 6.45) is 2.19. The van der Waals surface area contributed by atoms with Gasteiger partial charge in [-0.15, -0.1) is 0 Å². The van der Waals surface area contributed by atoms with Crippen LogP contribution in [0.25, 0.3) is 0 Å². The lowest BCUT2D eigenvalue weighted by atomic mass is 10.2. The monoisotopic (exact) mass is 225 g/mol. The molecule has 1 aromatic rings. The van der Waals surface area contributed by atoms with E-state index in [1.54, 1.807) is 20.8 Å². The highest BCUT2D eigenvalue weighted by Gasteiger charge is 2.16. The van der Waals surface area contributed by atoms with Crippen molar-refractivity contribution in [2.24, 2.45) is 0 Å². The van der Waals surface area contributed by atoms with Gasteiger partial charge >= 0.3 is 6.09 Å². The van der Waals surface area contributed by atoms with Crippen LogP contribution in [0.5, 0.6) is 0 Å². The molecule has 6 heteroatoms. The van der Waals surface area contributed by atoms with Gasteiger partial charge in [0.2, 0.25) is 0 Å². The topological polar surface area (TPSA) is 84.3 Å². The molecule has 0 fully saturated rings. The van der Waals surface area contributed by atoms with Gasteiger partial charge < -0.3 is 9.84 Å². The van der Waals surface area contributed by atoms with Crippen molar-refractivity contribution in [2.45, 2.75) is 33.0 Å². The van der Waals surface area contributed by atoms with Crippen LogP contribution in [-0.2, 0) is 11.3 Å². The Morgan fingerprint density at radius 3 is 2.75 bits per heavy atom. The fourth-order valence-corrected chi connectivity index (χ4v) is 0.951. The molecule has 16 heavy (non-hydrogen) atoms. The number of hydrogen-bond donors (Lipinski definition) is 2. The molecule has 0 aliphatic heterocycles. The van der Waals surface area contributed by atoms with Crippen LogP contribution in [0.15, 0.2) is 12.4 Å². The van der Waals surface area contributed by atoms with Crippen molar-refractivity contribution >= 4 is 11.9 Å². The average molecular weight is 225 g/mol. The van der Waals surface area contributed by atoms with Gasteiger partial charge in [-0.05, 0) is 20.8 Å². The van der Waals surface area contributed by atoms with E-state index in [4.69, 9.17) is 9.84 Å². The fraction of sp³-hybridized carbons (Fsp3) is 0.500. The Labute approximate surface area is 93.7 Å². The molecule has 1 rings (SSSR count). The second-order valence-electron chi connectivity index (χ2n) is 4.18. The van der Waals surface area contributed by atoms with Gasteiger partial charge in [-0.1, -0.05) is 0 Å². The number of aliphatic hydroxyl groups excluding tert-OH is 1. The molecule has 1 heterocycles. The Bertz CT molecular complexity index is 374. The Kier molecular flexibility index (Phi) is 3.78. The van der Waals surface area contributed by atoms with Crippen molar-refractivity contribution in [3.63, 3.8) is 0 Å². The predicted octanol–water partition coefficient (Wildman–Crippen LogP) is 1.32. The van der Waals surface area contributed by atoms with Gasteiger partial charge in [-0.25, -0.2) is 9.78 Å². The zero-order valence-electron chi connectivity index (χ0n) is 9.52. The van der Waals surface area contributed by atoms with Gasteiger partial charge in [-0.3, -0.25) is 10.3 Å². The second kappa shape index (κ2) is 4.89. The lowest BCUT2D eigenvalue weighted by Gasteiger charge is -2.19. The SMILES string of the molecule is CC(C)(C)OC(=O)Nc1cncc(CO)n1. The van der Waals surface area contributed by atoms with E-state index in [1.807, 2.05) is 0 Å². The fourth-order valence-electron chi connectivity index (χ4n) is 0.951. The highest BCUT2D eigenvalue weighted by atomic mass is 16.6. The molecule has 2 N–H and O–H groups in total. The van der Waals surface area contributed by atoms with Crippen LogP contribution in [0.3, 0.4) is 0 Å². The molecule has 0 atom stereocenters. The van der Waals surface area contributed by atoms with Crippen LogP contribution in [0.1, 0.15) is 26.5 Å². The van der Waals surface area contributed by atoms with Gasteiger partial charge in [0.25, 0.3) is 0 Å². The predicted molar refractivity (Wildman–Crippen MR) is 57.8 cm³/mol. The Hall–Kier alpha value is -1.69. The minimum Gasteiger partial charge on any atom is -0.444 e. The minimum absolute atomic E-state index is 0.225. The summed E-state index contributed by atoms with van der Waals surface area (Å²) in [7, 11) is 0. The molecule has 0 aliphatic rings. The zero-order valence-corrected chi connectivity index (χ0v) is 9.52. The first-order valence-corrected chi connectivity index (χ1v) is 4.82. The third-order valence-electron chi connectivity index (χ3n) is 1.48. The third-order valence-corrected chi connectivity index (χ3v) is 1.48. The van der Waals surface area contributed by atoms with Crippen LogP contribution in [0, 0.1) is 0 Å². The van der Waals surface area contributed by atoms with Gasteiger partial charge in [0.15, 0.2) is 5.82 Å². The lowest BCUT2D eigenvalue weighted by Crippen LogP contribution is -2.27. The summed E-state index contributed by atoms with van der Waals surface area (Å²) in [6, 6.07) is 0. The molecule has 0 saturated carbocycles. The summed E-state index contributed by atoms with van der Waals surface area (Å²) >= 11 is 0.